The second-order valence-corrected chi connectivity index (χ2v) is 5.54. The molecule has 2 N–H and O–H groups in total. The van der Waals surface area contributed by atoms with Crippen LogP contribution < -0.4 is 20.7 Å². The molecule has 0 amide bonds. The number of H-pyrrole nitrogens is 1. The first-order valence-corrected chi connectivity index (χ1v) is 7.57. The Morgan fingerprint density at radius 3 is 2.54 bits per heavy atom. The van der Waals surface area contributed by atoms with Gasteiger partial charge < -0.3 is 23.4 Å². The molecule has 0 aliphatic heterocycles. The molecule has 8 nitrogen and oxygen atoms in total. The predicted octanol–water partition coefficient (Wildman–Crippen LogP) is 2.62. The van der Waals surface area contributed by atoms with E-state index in [1.54, 1.807) is 12.1 Å². The standard InChI is InChI=1S/C18H13NO7/c1-23-9-6-12(24-2)14-13(7-9)25-17(16(21)15(14)20)8-3-4-10-11(5-8)26-18(22)19-10/h3-7,21H,1-2H3,(H,19,22). The molecule has 0 fully saturated rings. The summed E-state index contributed by atoms with van der Waals surface area (Å²) in [5, 5.41) is 10.5. The molecule has 0 saturated carbocycles. The quantitative estimate of drug-likeness (QED) is 0.580. The summed E-state index contributed by atoms with van der Waals surface area (Å²) in [5.41, 5.74) is 0.687. The molecule has 0 aliphatic rings. The number of nitrogens with one attached hydrogen (secondary N) is 1. The minimum absolute atomic E-state index is 0.0523. The molecule has 2 heterocycles. The molecule has 0 saturated heterocycles. The van der Waals surface area contributed by atoms with Crippen molar-refractivity contribution in [3.05, 3.63) is 51.1 Å². The maximum atomic E-state index is 12.7. The van der Waals surface area contributed by atoms with E-state index in [-0.39, 0.29) is 28.1 Å². The lowest BCUT2D eigenvalue weighted by atomic mass is 10.1. The molecule has 8 heteroatoms. The van der Waals surface area contributed by atoms with Crippen molar-refractivity contribution in [1.29, 1.82) is 0 Å². The summed E-state index contributed by atoms with van der Waals surface area (Å²) in [5.74, 6) is -0.569. The number of benzene rings is 2. The molecule has 2 aromatic heterocycles. The molecule has 0 spiro atoms. The van der Waals surface area contributed by atoms with E-state index < -0.39 is 16.9 Å². The fraction of sp³-hybridized carbons (Fsp3) is 0.111. The number of aromatic amines is 1. The second kappa shape index (κ2) is 5.69. The highest BCUT2D eigenvalue weighted by atomic mass is 16.5. The van der Waals surface area contributed by atoms with Crippen molar-refractivity contribution in [3.8, 4) is 28.6 Å². The highest BCUT2D eigenvalue weighted by Gasteiger charge is 2.20. The van der Waals surface area contributed by atoms with E-state index in [9.17, 15) is 14.7 Å². The third-order valence-corrected chi connectivity index (χ3v) is 4.05. The van der Waals surface area contributed by atoms with Crippen molar-refractivity contribution < 1.29 is 23.4 Å². The normalized spacial score (nSPS) is 11.2. The molecule has 0 radical (unpaired) electrons. The van der Waals surface area contributed by atoms with Gasteiger partial charge in [-0.1, -0.05) is 0 Å². The van der Waals surface area contributed by atoms with Crippen LogP contribution in [0, 0.1) is 0 Å². The van der Waals surface area contributed by atoms with Gasteiger partial charge in [0.25, 0.3) is 0 Å². The Kier molecular flexibility index (Phi) is 3.47. The zero-order valence-electron chi connectivity index (χ0n) is 13.8. The Bertz CT molecular complexity index is 1260. The van der Waals surface area contributed by atoms with Gasteiger partial charge in [-0.15, -0.1) is 0 Å². The van der Waals surface area contributed by atoms with E-state index in [4.69, 9.17) is 18.3 Å². The zero-order valence-corrected chi connectivity index (χ0v) is 13.8. The van der Waals surface area contributed by atoms with Gasteiger partial charge in [0.2, 0.25) is 11.2 Å². The van der Waals surface area contributed by atoms with Crippen LogP contribution in [0.25, 0.3) is 33.4 Å². The van der Waals surface area contributed by atoms with Crippen LogP contribution in [0.4, 0.5) is 0 Å². The highest BCUT2D eigenvalue weighted by Crippen LogP contribution is 2.36. The van der Waals surface area contributed by atoms with E-state index in [1.165, 1.54) is 32.4 Å². The molecule has 0 bridgehead atoms. The van der Waals surface area contributed by atoms with Gasteiger partial charge in [0.1, 0.15) is 22.5 Å². The molecule has 0 unspecified atom stereocenters. The van der Waals surface area contributed by atoms with Gasteiger partial charge in [0.15, 0.2) is 11.3 Å². The van der Waals surface area contributed by atoms with Crippen LogP contribution in [-0.4, -0.2) is 24.3 Å². The lowest BCUT2D eigenvalue weighted by molar-refractivity contribution is 0.394. The number of methoxy groups -OCH3 is 2. The van der Waals surface area contributed by atoms with Gasteiger partial charge in [0, 0.05) is 17.7 Å². The average molecular weight is 355 g/mol. The smallest absolute Gasteiger partial charge is 0.417 e. The number of ether oxygens (including phenoxy) is 2. The van der Waals surface area contributed by atoms with Crippen LogP contribution >= 0.6 is 0 Å². The van der Waals surface area contributed by atoms with Gasteiger partial charge in [-0.05, 0) is 18.2 Å². The number of hydrogen-bond acceptors (Lipinski definition) is 7. The Morgan fingerprint density at radius 2 is 1.81 bits per heavy atom. The second-order valence-electron chi connectivity index (χ2n) is 5.54. The van der Waals surface area contributed by atoms with E-state index in [0.717, 1.165) is 0 Å². The minimum atomic E-state index is -0.642. The third-order valence-electron chi connectivity index (χ3n) is 4.05. The first-order chi connectivity index (χ1) is 12.5. The molecule has 4 aromatic rings. The van der Waals surface area contributed by atoms with Crippen molar-refractivity contribution >= 4 is 22.1 Å². The zero-order chi connectivity index (χ0) is 18.4. The topological polar surface area (TPSA) is 115 Å². The fourth-order valence-corrected chi connectivity index (χ4v) is 2.81. The third kappa shape index (κ3) is 2.31. The van der Waals surface area contributed by atoms with Crippen molar-refractivity contribution in [2.24, 2.45) is 0 Å². The van der Waals surface area contributed by atoms with Gasteiger partial charge in [-0.3, -0.25) is 9.78 Å². The van der Waals surface area contributed by atoms with Gasteiger partial charge in [-0.2, -0.15) is 0 Å². The van der Waals surface area contributed by atoms with E-state index in [2.05, 4.69) is 4.98 Å². The summed E-state index contributed by atoms with van der Waals surface area (Å²) < 4.78 is 21.2. The molecular formula is C18H13NO7. The first kappa shape index (κ1) is 15.8. The van der Waals surface area contributed by atoms with E-state index in [0.29, 0.717) is 16.8 Å². The largest absolute Gasteiger partial charge is 0.502 e. The lowest BCUT2D eigenvalue weighted by Crippen LogP contribution is -2.05. The first-order valence-electron chi connectivity index (χ1n) is 7.57. The summed E-state index contributed by atoms with van der Waals surface area (Å²) >= 11 is 0. The van der Waals surface area contributed by atoms with Gasteiger partial charge >= 0.3 is 5.76 Å². The predicted molar refractivity (Wildman–Crippen MR) is 93.1 cm³/mol. The van der Waals surface area contributed by atoms with Crippen LogP contribution in [-0.2, 0) is 0 Å². The Balaban J connectivity index is 2.04. The summed E-state index contributed by atoms with van der Waals surface area (Å²) in [6.45, 7) is 0. The number of fused-ring (bicyclic) bond motifs is 2. The monoisotopic (exact) mass is 355 g/mol. The average Bonchev–Trinajstić information content (AvgIpc) is 3.02. The molecule has 4 rings (SSSR count). The summed E-state index contributed by atoms with van der Waals surface area (Å²) in [6, 6.07) is 7.73. The Labute approximate surface area is 145 Å². The maximum absolute atomic E-state index is 12.7. The Morgan fingerprint density at radius 1 is 1.00 bits per heavy atom. The minimum Gasteiger partial charge on any atom is -0.502 e. The van der Waals surface area contributed by atoms with Gasteiger partial charge in [-0.25, -0.2) is 4.79 Å². The molecule has 132 valence electrons. The Hall–Kier alpha value is -3.68. The molecule has 0 atom stereocenters. The summed E-state index contributed by atoms with van der Waals surface area (Å²) in [4.78, 5) is 26.5. The summed E-state index contributed by atoms with van der Waals surface area (Å²) in [7, 11) is 2.88. The SMILES string of the molecule is COc1cc(OC)c2c(=O)c(O)c(-c3ccc4[nH]c(=O)oc4c3)oc2c1. The lowest BCUT2D eigenvalue weighted by Gasteiger charge is -2.10. The van der Waals surface area contributed by atoms with Crippen molar-refractivity contribution in [3.63, 3.8) is 0 Å². The van der Waals surface area contributed by atoms with Crippen LogP contribution in [0.2, 0.25) is 0 Å². The number of oxazole rings is 1. The van der Waals surface area contributed by atoms with Crippen LogP contribution in [0.5, 0.6) is 17.2 Å². The van der Waals surface area contributed by atoms with Crippen LogP contribution in [0.1, 0.15) is 0 Å². The fourth-order valence-electron chi connectivity index (χ4n) is 2.81. The van der Waals surface area contributed by atoms with Crippen LogP contribution in [0.15, 0.2) is 48.8 Å². The van der Waals surface area contributed by atoms with Gasteiger partial charge in [0.05, 0.1) is 19.7 Å². The summed E-state index contributed by atoms with van der Waals surface area (Å²) in [6.07, 6.45) is 0. The maximum Gasteiger partial charge on any atom is 0.417 e. The van der Waals surface area contributed by atoms with Crippen molar-refractivity contribution in [1.82, 2.24) is 4.98 Å². The van der Waals surface area contributed by atoms with Crippen LogP contribution in [0.3, 0.4) is 0 Å². The van der Waals surface area contributed by atoms with E-state index in [1.807, 2.05) is 0 Å². The molecule has 26 heavy (non-hydrogen) atoms. The van der Waals surface area contributed by atoms with Crippen molar-refractivity contribution in [2.45, 2.75) is 0 Å². The molecule has 2 aromatic carbocycles. The number of rotatable bonds is 3. The van der Waals surface area contributed by atoms with Crippen molar-refractivity contribution in [2.75, 3.05) is 14.2 Å². The van der Waals surface area contributed by atoms with E-state index >= 15 is 0 Å². The number of aromatic hydroxyl groups is 1. The molecular weight excluding hydrogens is 342 g/mol. The number of aromatic nitrogens is 1. The molecule has 0 aliphatic carbocycles. The number of hydrogen-bond donors (Lipinski definition) is 2. The highest BCUT2D eigenvalue weighted by molar-refractivity contribution is 5.89.